The van der Waals surface area contributed by atoms with Crippen molar-refractivity contribution in [2.75, 3.05) is 13.2 Å². The molecule has 0 saturated carbocycles. The maximum atomic E-state index is 12.9. The van der Waals surface area contributed by atoms with E-state index in [4.69, 9.17) is 14.2 Å². The number of ether oxygens (including phenoxy) is 3. The molecule has 0 aromatic carbocycles. The van der Waals surface area contributed by atoms with Crippen LogP contribution in [0.4, 0.5) is 0 Å². The van der Waals surface area contributed by atoms with Gasteiger partial charge in [-0.05, 0) is 89.9 Å². The van der Waals surface area contributed by atoms with Crippen LogP contribution in [0.1, 0.15) is 303 Å². The van der Waals surface area contributed by atoms with Crippen molar-refractivity contribution in [3.63, 3.8) is 0 Å². The van der Waals surface area contributed by atoms with Crippen LogP contribution in [-0.2, 0) is 28.6 Å². The number of esters is 3. The topological polar surface area (TPSA) is 78.9 Å². The lowest BCUT2D eigenvalue weighted by atomic mass is 10.0. The minimum atomic E-state index is -0.792. The van der Waals surface area contributed by atoms with Crippen LogP contribution in [0, 0.1) is 0 Å². The van der Waals surface area contributed by atoms with Gasteiger partial charge in [-0.15, -0.1) is 0 Å². The summed E-state index contributed by atoms with van der Waals surface area (Å²) in [5.41, 5.74) is 0. The van der Waals surface area contributed by atoms with E-state index >= 15 is 0 Å². The molecule has 0 fully saturated rings. The Morgan fingerprint density at radius 1 is 0.296 bits per heavy atom. The van der Waals surface area contributed by atoms with Crippen molar-refractivity contribution in [2.45, 2.75) is 309 Å². The summed E-state index contributed by atoms with van der Waals surface area (Å²) in [7, 11) is 0. The number of hydrogen-bond donors (Lipinski definition) is 0. The van der Waals surface area contributed by atoms with E-state index in [-0.39, 0.29) is 31.1 Å². The molecule has 0 rings (SSSR count). The van der Waals surface area contributed by atoms with E-state index in [0.717, 1.165) is 96.3 Å². The molecule has 71 heavy (non-hydrogen) atoms. The molecule has 6 heteroatoms. The molecule has 6 nitrogen and oxygen atoms in total. The Balaban J connectivity index is 4.38. The fourth-order valence-electron chi connectivity index (χ4n) is 8.64. The van der Waals surface area contributed by atoms with E-state index in [1.54, 1.807) is 0 Å². The zero-order valence-electron chi connectivity index (χ0n) is 47.0. The van der Waals surface area contributed by atoms with Crippen LogP contribution in [0.15, 0.2) is 72.9 Å². The van der Waals surface area contributed by atoms with Gasteiger partial charge in [0, 0.05) is 19.3 Å². The second-order valence-electron chi connectivity index (χ2n) is 20.2. The van der Waals surface area contributed by atoms with Gasteiger partial charge in [0.1, 0.15) is 13.2 Å². The fraction of sp³-hybridized carbons (Fsp3) is 0.769. The molecule has 0 aromatic heterocycles. The average Bonchev–Trinajstić information content (AvgIpc) is 3.37. The van der Waals surface area contributed by atoms with Gasteiger partial charge in [-0.25, -0.2) is 0 Å². The predicted octanol–water partition coefficient (Wildman–Crippen LogP) is 20.5. The van der Waals surface area contributed by atoms with E-state index in [1.165, 1.54) is 167 Å². The third kappa shape index (κ3) is 57.6. The van der Waals surface area contributed by atoms with E-state index in [9.17, 15) is 14.4 Å². The Labute approximate surface area is 440 Å². The van der Waals surface area contributed by atoms with Gasteiger partial charge in [0.05, 0.1) is 0 Å². The van der Waals surface area contributed by atoms with Gasteiger partial charge in [-0.3, -0.25) is 14.4 Å². The molecule has 0 radical (unpaired) electrons. The highest BCUT2D eigenvalue weighted by atomic mass is 16.6. The molecule has 0 aliphatic heterocycles. The molecular formula is C65H114O6. The molecule has 1 atom stereocenters. The van der Waals surface area contributed by atoms with Crippen molar-refractivity contribution < 1.29 is 28.6 Å². The molecule has 0 saturated heterocycles. The van der Waals surface area contributed by atoms with Crippen LogP contribution in [-0.4, -0.2) is 37.2 Å². The largest absolute Gasteiger partial charge is 0.462 e. The molecular weight excluding hydrogens is 877 g/mol. The molecule has 0 bridgehead atoms. The third-order valence-corrected chi connectivity index (χ3v) is 13.2. The molecule has 0 aromatic rings. The lowest BCUT2D eigenvalue weighted by Gasteiger charge is -2.18. The molecule has 0 heterocycles. The molecule has 0 spiro atoms. The summed E-state index contributed by atoms with van der Waals surface area (Å²) >= 11 is 0. The monoisotopic (exact) mass is 991 g/mol. The van der Waals surface area contributed by atoms with Crippen LogP contribution < -0.4 is 0 Å². The zero-order valence-corrected chi connectivity index (χ0v) is 47.0. The SMILES string of the molecule is CC/C=C\C/C=C\C/C=C\C/C=C\C/C=C\CCCCCC(=O)O[C@H](COC(=O)CCCCCCCCCCCCC/C=C\CCCCCCCC)COC(=O)CCCCCCCCCCCCCCC. The fourth-order valence-corrected chi connectivity index (χ4v) is 8.64. The van der Waals surface area contributed by atoms with Crippen LogP contribution in [0.2, 0.25) is 0 Å². The Hall–Kier alpha value is -3.15. The lowest BCUT2D eigenvalue weighted by molar-refractivity contribution is -0.167. The Morgan fingerprint density at radius 2 is 0.549 bits per heavy atom. The Bertz CT molecular complexity index is 1320. The summed E-state index contributed by atoms with van der Waals surface area (Å²) in [4.78, 5) is 38.2. The maximum Gasteiger partial charge on any atom is 0.306 e. The quantitative estimate of drug-likeness (QED) is 0.0261. The molecule has 0 unspecified atom stereocenters. The first-order chi connectivity index (χ1) is 35.0. The van der Waals surface area contributed by atoms with Crippen molar-refractivity contribution in [3.05, 3.63) is 72.9 Å². The zero-order chi connectivity index (χ0) is 51.4. The van der Waals surface area contributed by atoms with Crippen molar-refractivity contribution in [1.29, 1.82) is 0 Å². The Kier molecular flexibility index (Phi) is 56.8. The predicted molar refractivity (Wildman–Crippen MR) is 307 cm³/mol. The second kappa shape index (κ2) is 59.4. The van der Waals surface area contributed by atoms with Crippen molar-refractivity contribution >= 4 is 17.9 Å². The maximum absolute atomic E-state index is 12.9. The number of hydrogen-bond acceptors (Lipinski definition) is 6. The minimum absolute atomic E-state index is 0.0862. The lowest BCUT2D eigenvalue weighted by Crippen LogP contribution is -2.30. The summed E-state index contributed by atoms with van der Waals surface area (Å²) in [6, 6.07) is 0. The molecule has 0 aliphatic carbocycles. The van der Waals surface area contributed by atoms with Gasteiger partial charge in [0.25, 0.3) is 0 Å². The number of carbonyl (C=O) groups is 3. The Morgan fingerprint density at radius 3 is 0.887 bits per heavy atom. The van der Waals surface area contributed by atoms with Gasteiger partial charge >= 0.3 is 17.9 Å². The van der Waals surface area contributed by atoms with Gasteiger partial charge < -0.3 is 14.2 Å². The highest BCUT2D eigenvalue weighted by Gasteiger charge is 2.19. The van der Waals surface area contributed by atoms with E-state index in [1.807, 2.05) is 0 Å². The van der Waals surface area contributed by atoms with Crippen LogP contribution in [0.25, 0.3) is 0 Å². The summed E-state index contributed by atoms with van der Waals surface area (Å²) in [6.07, 6.45) is 76.1. The molecule has 410 valence electrons. The third-order valence-electron chi connectivity index (χ3n) is 13.2. The van der Waals surface area contributed by atoms with Gasteiger partial charge in [-0.1, -0.05) is 267 Å². The minimum Gasteiger partial charge on any atom is -0.462 e. The van der Waals surface area contributed by atoms with Crippen LogP contribution in [0.5, 0.6) is 0 Å². The molecule has 0 N–H and O–H groups in total. The van der Waals surface area contributed by atoms with Crippen LogP contribution >= 0.6 is 0 Å². The average molecular weight is 992 g/mol. The van der Waals surface area contributed by atoms with Crippen molar-refractivity contribution in [1.82, 2.24) is 0 Å². The van der Waals surface area contributed by atoms with Crippen molar-refractivity contribution in [3.8, 4) is 0 Å². The summed E-state index contributed by atoms with van der Waals surface area (Å²) in [5.74, 6) is -0.907. The van der Waals surface area contributed by atoms with E-state index in [2.05, 4.69) is 93.7 Å². The van der Waals surface area contributed by atoms with Crippen LogP contribution in [0.3, 0.4) is 0 Å². The normalized spacial score (nSPS) is 12.5. The summed E-state index contributed by atoms with van der Waals surface area (Å²) in [5, 5.41) is 0. The smallest absolute Gasteiger partial charge is 0.306 e. The van der Waals surface area contributed by atoms with Gasteiger partial charge in [-0.2, -0.15) is 0 Å². The van der Waals surface area contributed by atoms with Gasteiger partial charge in [0.15, 0.2) is 6.10 Å². The summed E-state index contributed by atoms with van der Waals surface area (Å²) in [6.45, 7) is 6.52. The number of allylic oxidation sites excluding steroid dienone is 12. The summed E-state index contributed by atoms with van der Waals surface area (Å²) < 4.78 is 16.9. The first-order valence-electron chi connectivity index (χ1n) is 30.4. The molecule has 0 aliphatic rings. The standard InChI is InChI=1S/C65H114O6/c1-4-7-10-13-16-19-22-25-27-29-31-32-34-35-37-40-43-46-49-52-55-58-64(67)70-61-62(60-69-63(66)57-54-51-48-45-42-39-24-21-18-15-12-9-6-3)71-65(68)59-56-53-50-47-44-41-38-36-33-30-28-26-23-20-17-14-11-8-5-2/h8,11,17,20,25-28,33,36,41,44,62H,4-7,9-10,12-16,18-19,21-24,29-32,34-35,37-40,42-43,45-61H2,1-3H3/b11-8-,20-17-,27-25-,28-26-,36-33-,44-41-/t62-/m0/s1. The second-order valence-corrected chi connectivity index (χ2v) is 20.2. The first-order valence-corrected chi connectivity index (χ1v) is 30.4. The number of rotatable bonds is 55. The molecule has 0 amide bonds. The van der Waals surface area contributed by atoms with E-state index < -0.39 is 6.10 Å². The highest BCUT2D eigenvalue weighted by Crippen LogP contribution is 2.16. The number of carbonyl (C=O) groups excluding carboxylic acids is 3. The van der Waals surface area contributed by atoms with Gasteiger partial charge in [0.2, 0.25) is 0 Å². The number of unbranched alkanes of at least 4 members (excludes halogenated alkanes) is 32. The van der Waals surface area contributed by atoms with Crippen molar-refractivity contribution in [2.24, 2.45) is 0 Å². The van der Waals surface area contributed by atoms with E-state index in [0.29, 0.717) is 19.3 Å². The first kappa shape index (κ1) is 67.8. The highest BCUT2D eigenvalue weighted by molar-refractivity contribution is 5.71.